The van der Waals surface area contributed by atoms with E-state index in [4.69, 9.17) is 10.5 Å². The molecule has 0 aliphatic rings. The summed E-state index contributed by atoms with van der Waals surface area (Å²) in [5.41, 5.74) is 6.49. The molecule has 0 atom stereocenters. The van der Waals surface area contributed by atoms with E-state index in [1.54, 1.807) is 10.7 Å². The highest BCUT2D eigenvalue weighted by atomic mass is 16.5. The summed E-state index contributed by atoms with van der Waals surface area (Å²) in [5, 5.41) is 4.12. The van der Waals surface area contributed by atoms with Gasteiger partial charge in [0.05, 0.1) is 12.3 Å². The molecule has 0 saturated heterocycles. The van der Waals surface area contributed by atoms with Crippen LogP contribution in [0.1, 0.15) is 6.92 Å². The summed E-state index contributed by atoms with van der Waals surface area (Å²) in [7, 11) is 0. The van der Waals surface area contributed by atoms with Crippen LogP contribution in [0.5, 0.6) is 5.75 Å². The van der Waals surface area contributed by atoms with Crippen LogP contribution in [-0.2, 0) is 0 Å². The highest BCUT2D eigenvalue weighted by Gasteiger charge is 1.99. The molecule has 0 aliphatic heterocycles. The number of anilines is 1. The minimum absolute atomic E-state index is 0.511. The summed E-state index contributed by atoms with van der Waals surface area (Å²) in [6, 6.07) is 9.48. The van der Waals surface area contributed by atoms with Crippen molar-refractivity contribution in [2.45, 2.75) is 6.92 Å². The van der Waals surface area contributed by atoms with Crippen molar-refractivity contribution in [2.75, 3.05) is 12.3 Å². The number of benzene rings is 1. The minimum atomic E-state index is 0.511. The number of nitrogen functional groups attached to an aromatic ring is 1. The van der Waals surface area contributed by atoms with Crippen molar-refractivity contribution in [3.8, 4) is 11.4 Å². The molecule has 78 valence electrons. The predicted octanol–water partition coefficient (Wildman–Crippen LogP) is 1.85. The van der Waals surface area contributed by atoms with Gasteiger partial charge in [0.1, 0.15) is 11.6 Å². The summed E-state index contributed by atoms with van der Waals surface area (Å²) in [4.78, 5) is 0. The van der Waals surface area contributed by atoms with Gasteiger partial charge in [0.15, 0.2) is 0 Å². The molecule has 2 aromatic rings. The number of hydrogen-bond donors (Lipinski definition) is 1. The second-order valence-electron chi connectivity index (χ2n) is 3.12. The van der Waals surface area contributed by atoms with Crippen LogP contribution in [0, 0.1) is 0 Å². The van der Waals surface area contributed by atoms with Gasteiger partial charge in [-0.3, -0.25) is 0 Å². The molecule has 1 heterocycles. The smallest absolute Gasteiger partial charge is 0.145 e. The molecule has 15 heavy (non-hydrogen) atoms. The zero-order chi connectivity index (χ0) is 10.7. The van der Waals surface area contributed by atoms with Crippen LogP contribution in [-0.4, -0.2) is 16.4 Å². The van der Waals surface area contributed by atoms with Gasteiger partial charge in [0.2, 0.25) is 0 Å². The minimum Gasteiger partial charge on any atom is -0.494 e. The van der Waals surface area contributed by atoms with Crippen molar-refractivity contribution in [2.24, 2.45) is 0 Å². The van der Waals surface area contributed by atoms with E-state index < -0.39 is 0 Å². The number of rotatable bonds is 3. The molecule has 0 saturated carbocycles. The van der Waals surface area contributed by atoms with Crippen molar-refractivity contribution < 1.29 is 4.74 Å². The van der Waals surface area contributed by atoms with Crippen molar-refractivity contribution in [1.82, 2.24) is 9.78 Å². The van der Waals surface area contributed by atoms with E-state index in [0.717, 1.165) is 11.4 Å². The average molecular weight is 203 g/mol. The second kappa shape index (κ2) is 4.04. The molecule has 0 fully saturated rings. The van der Waals surface area contributed by atoms with Gasteiger partial charge in [-0.15, -0.1) is 0 Å². The van der Waals surface area contributed by atoms with E-state index in [-0.39, 0.29) is 0 Å². The zero-order valence-corrected chi connectivity index (χ0v) is 8.55. The lowest BCUT2D eigenvalue weighted by Crippen LogP contribution is -1.97. The van der Waals surface area contributed by atoms with Crippen LogP contribution in [0.4, 0.5) is 5.82 Å². The van der Waals surface area contributed by atoms with Crippen LogP contribution in [0.3, 0.4) is 0 Å². The predicted molar refractivity (Wildman–Crippen MR) is 59.1 cm³/mol. The standard InChI is InChI=1S/C11H13N3O/c1-2-15-10-5-3-4-9(8-10)14-7-6-11(12)13-14/h3-8H,2H2,1H3,(H2,12,13). The summed E-state index contributed by atoms with van der Waals surface area (Å²) >= 11 is 0. The van der Waals surface area contributed by atoms with E-state index >= 15 is 0 Å². The molecular formula is C11H13N3O. The maximum Gasteiger partial charge on any atom is 0.145 e. The topological polar surface area (TPSA) is 53.1 Å². The molecule has 1 aromatic heterocycles. The Labute approximate surface area is 88.3 Å². The lowest BCUT2D eigenvalue weighted by molar-refractivity contribution is 0.340. The Balaban J connectivity index is 2.32. The number of ether oxygens (including phenoxy) is 1. The van der Waals surface area contributed by atoms with Crippen LogP contribution in [0.2, 0.25) is 0 Å². The molecule has 0 unspecified atom stereocenters. The van der Waals surface area contributed by atoms with Gasteiger partial charge in [0, 0.05) is 18.3 Å². The first-order valence-corrected chi connectivity index (χ1v) is 4.84. The molecule has 0 spiro atoms. The van der Waals surface area contributed by atoms with Crippen molar-refractivity contribution in [3.63, 3.8) is 0 Å². The lowest BCUT2D eigenvalue weighted by Gasteiger charge is -2.05. The molecule has 1 aromatic carbocycles. The van der Waals surface area contributed by atoms with Gasteiger partial charge >= 0.3 is 0 Å². The summed E-state index contributed by atoms with van der Waals surface area (Å²) < 4.78 is 7.12. The van der Waals surface area contributed by atoms with Gasteiger partial charge in [-0.05, 0) is 19.1 Å². The first-order valence-electron chi connectivity index (χ1n) is 4.84. The molecule has 2 N–H and O–H groups in total. The SMILES string of the molecule is CCOc1cccc(-n2ccc(N)n2)c1. The fourth-order valence-electron chi connectivity index (χ4n) is 1.36. The monoisotopic (exact) mass is 203 g/mol. The molecule has 0 bridgehead atoms. The Morgan fingerprint density at radius 3 is 2.93 bits per heavy atom. The van der Waals surface area contributed by atoms with Crippen LogP contribution in [0.25, 0.3) is 5.69 Å². The number of hydrogen-bond acceptors (Lipinski definition) is 3. The van der Waals surface area contributed by atoms with Crippen LogP contribution in [0.15, 0.2) is 36.5 Å². The Bertz CT molecular complexity index is 451. The van der Waals surface area contributed by atoms with Crippen molar-refractivity contribution in [1.29, 1.82) is 0 Å². The molecule has 2 rings (SSSR count). The third kappa shape index (κ3) is 2.10. The average Bonchev–Trinajstić information content (AvgIpc) is 2.66. The molecule has 4 heteroatoms. The normalized spacial score (nSPS) is 10.2. The van der Waals surface area contributed by atoms with E-state index in [9.17, 15) is 0 Å². The van der Waals surface area contributed by atoms with Gasteiger partial charge in [-0.2, -0.15) is 5.10 Å². The highest BCUT2D eigenvalue weighted by Crippen LogP contribution is 2.16. The highest BCUT2D eigenvalue weighted by molar-refractivity contribution is 5.40. The van der Waals surface area contributed by atoms with E-state index in [1.807, 2.05) is 37.4 Å². The third-order valence-electron chi connectivity index (χ3n) is 2.00. The fraction of sp³-hybridized carbons (Fsp3) is 0.182. The van der Waals surface area contributed by atoms with Crippen molar-refractivity contribution >= 4 is 5.82 Å². The quantitative estimate of drug-likeness (QED) is 0.828. The summed E-state index contributed by atoms with van der Waals surface area (Å²) in [6.07, 6.45) is 1.82. The second-order valence-corrected chi connectivity index (χ2v) is 3.12. The molecule has 4 nitrogen and oxygen atoms in total. The number of aromatic nitrogens is 2. The van der Waals surface area contributed by atoms with Crippen LogP contribution >= 0.6 is 0 Å². The number of nitrogens with two attached hydrogens (primary N) is 1. The third-order valence-corrected chi connectivity index (χ3v) is 2.00. The first kappa shape index (κ1) is 9.58. The Morgan fingerprint density at radius 2 is 2.27 bits per heavy atom. The van der Waals surface area contributed by atoms with Gasteiger partial charge in [-0.25, -0.2) is 4.68 Å². The fourth-order valence-corrected chi connectivity index (χ4v) is 1.36. The van der Waals surface area contributed by atoms with Gasteiger partial charge in [-0.1, -0.05) is 6.07 Å². The zero-order valence-electron chi connectivity index (χ0n) is 8.55. The maximum atomic E-state index is 5.55. The van der Waals surface area contributed by atoms with Crippen LogP contribution < -0.4 is 10.5 Å². The Morgan fingerprint density at radius 1 is 1.40 bits per heavy atom. The van der Waals surface area contributed by atoms with Gasteiger partial charge < -0.3 is 10.5 Å². The summed E-state index contributed by atoms with van der Waals surface area (Å²) in [5.74, 6) is 1.35. The molecule has 0 radical (unpaired) electrons. The molecular weight excluding hydrogens is 190 g/mol. The Kier molecular flexibility index (Phi) is 2.58. The maximum absolute atomic E-state index is 5.55. The van der Waals surface area contributed by atoms with Gasteiger partial charge in [0.25, 0.3) is 0 Å². The largest absolute Gasteiger partial charge is 0.494 e. The number of nitrogens with zero attached hydrogens (tertiary/aromatic N) is 2. The van der Waals surface area contributed by atoms with E-state index in [1.165, 1.54) is 0 Å². The first-order chi connectivity index (χ1) is 7.29. The molecule has 0 aliphatic carbocycles. The van der Waals surface area contributed by atoms with E-state index in [0.29, 0.717) is 12.4 Å². The molecule has 0 amide bonds. The Hall–Kier alpha value is -1.97. The lowest BCUT2D eigenvalue weighted by atomic mass is 10.3. The van der Waals surface area contributed by atoms with E-state index in [2.05, 4.69) is 5.10 Å². The summed E-state index contributed by atoms with van der Waals surface area (Å²) in [6.45, 7) is 2.61. The van der Waals surface area contributed by atoms with Crippen molar-refractivity contribution in [3.05, 3.63) is 36.5 Å².